The van der Waals surface area contributed by atoms with Crippen molar-refractivity contribution in [2.45, 2.75) is 57.1 Å². The van der Waals surface area contributed by atoms with Gasteiger partial charge in [-0.2, -0.15) is 0 Å². The quantitative estimate of drug-likeness (QED) is 0.884. The van der Waals surface area contributed by atoms with E-state index in [0.717, 1.165) is 38.5 Å². The fraction of sp³-hybridized carbons (Fsp3) is 0.556. The van der Waals surface area contributed by atoms with Gasteiger partial charge in [-0.1, -0.05) is 6.42 Å². The maximum Gasteiger partial charge on any atom is 0.411 e. The molecular formula is C18H23FN2O3. The normalized spacial score (nSPS) is 23.9. The fourth-order valence-electron chi connectivity index (χ4n) is 3.20. The summed E-state index contributed by atoms with van der Waals surface area (Å²) in [6.45, 7) is 0. The van der Waals surface area contributed by atoms with Gasteiger partial charge in [-0.3, -0.25) is 10.1 Å². The first kappa shape index (κ1) is 16.7. The third-order valence-corrected chi connectivity index (χ3v) is 4.81. The highest BCUT2D eigenvalue weighted by Gasteiger charge is 2.30. The number of rotatable bonds is 4. The van der Waals surface area contributed by atoms with Crippen LogP contribution in [0, 0.1) is 11.7 Å². The van der Waals surface area contributed by atoms with Gasteiger partial charge in [-0.25, -0.2) is 9.18 Å². The maximum atomic E-state index is 12.9. The fourth-order valence-corrected chi connectivity index (χ4v) is 3.20. The van der Waals surface area contributed by atoms with Crippen molar-refractivity contribution in [2.24, 2.45) is 5.92 Å². The van der Waals surface area contributed by atoms with Gasteiger partial charge in [0.05, 0.1) is 0 Å². The molecule has 3 rings (SSSR count). The second-order valence-electron chi connectivity index (χ2n) is 6.66. The molecule has 2 N–H and O–H groups in total. The number of halogens is 1. The van der Waals surface area contributed by atoms with Crippen molar-refractivity contribution in [1.82, 2.24) is 5.32 Å². The lowest BCUT2D eigenvalue weighted by molar-refractivity contribution is -0.128. The van der Waals surface area contributed by atoms with Gasteiger partial charge in [0.25, 0.3) is 0 Å². The minimum Gasteiger partial charge on any atom is -0.446 e. The van der Waals surface area contributed by atoms with E-state index in [9.17, 15) is 14.0 Å². The van der Waals surface area contributed by atoms with Gasteiger partial charge in [0.1, 0.15) is 11.9 Å². The van der Waals surface area contributed by atoms with Crippen LogP contribution in [-0.2, 0) is 9.53 Å². The molecule has 1 aromatic carbocycles. The minimum atomic E-state index is -0.544. The van der Waals surface area contributed by atoms with Crippen LogP contribution in [0.2, 0.25) is 0 Å². The SMILES string of the molecule is O=C(Nc1ccc(F)cc1)O[C@H]1CCC[C@@H](NC(=O)C2CCC2)C1. The van der Waals surface area contributed by atoms with Crippen LogP contribution in [0.4, 0.5) is 14.9 Å². The number of carbonyl (C=O) groups is 2. The smallest absolute Gasteiger partial charge is 0.411 e. The Labute approximate surface area is 141 Å². The highest BCUT2D eigenvalue weighted by Crippen LogP contribution is 2.28. The Morgan fingerprint density at radius 2 is 1.75 bits per heavy atom. The Morgan fingerprint density at radius 3 is 2.42 bits per heavy atom. The van der Waals surface area contributed by atoms with E-state index >= 15 is 0 Å². The predicted molar refractivity (Wildman–Crippen MR) is 88.0 cm³/mol. The lowest BCUT2D eigenvalue weighted by Crippen LogP contribution is -2.44. The average molecular weight is 334 g/mol. The largest absolute Gasteiger partial charge is 0.446 e. The number of ether oxygens (including phenoxy) is 1. The Balaban J connectivity index is 1.44. The lowest BCUT2D eigenvalue weighted by atomic mass is 9.84. The molecular weight excluding hydrogens is 311 g/mol. The molecule has 0 spiro atoms. The molecule has 0 aliphatic heterocycles. The molecule has 5 nitrogen and oxygen atoms in total. The molecule has 0 unspecified atom stereocenters. The number of benzene rings is 1. The number of carbonyl (C=O) groups excluding carboxylic acids is 2. The zero-order chi connectivity index (χ0) is 16.9. The van der Waals surface area contributed by atoms with Gasteiger partial charge in [0.2, 0.25) is 5.91 Å². The standard InChI is InChI=1S/C18H23FN2O3/c19-13-7-9-14(10-8-13)21-18(23)24-16-6-2-5-15(11-16)20-17(22)12-3-1-4-12/h7-10,12,15-16H,1-6,11H2,(H,20,22)(H,21,23)/t15-,16+/m1/s1. The zero-order valence-electron chi connectivity index (χ0n) is 13.6. The summed E-state index contributed by atoms with van der Waals surface area (Å²) in [5.74, 6) is -0.0398. The van der Waals surface area contributed by atoms with Crippen LogP contribution in [0.25, 0.3) is 0 Å². The van der Waals surface area contributed by atoms with Crippen molar-refractivity contribution in [1.29, 1.82) is 0 Å². The van der Waals surface area contributed by atoms with E-state index in [-0.39, 0.29) is 29.8 Å². The maximum absolute atomic E-state index is 12.9. The van der Waals surface area contributed by atoms with Crippen molar-refractivity contribution >= 4 is 17.7 Å². The van der Waals surface area contributed by atoms with E-state index in [1.54, 1.807) is 0 Å². The van der Waals surface area contributed by atoms with Gasteiger partial charge in [0.15, 0.2) is 0 Å². The molecule has 0 radical (unpaired) electrons. The molecule has 2 atom stereocenters. The number of anilines is 1. The third-order valence-electron chi connectivity index (χ3n) is 4.81. The predicted octanol–water partition coefficient (Wildman–Crippen LogP) is 3.60. The van der Waals surface area contributed by atoms with E-state index in [1.165, 1.54) is 24.3 Å². The van der Waals surface area contributed by atoms with Gasteiger partial charge < -0.3 is 10.1 Å². The summed E-state index contributed by atoms with van der Waals surface area (Å²) in [7, 11) is 0. The van der Waals surface area contributed by atoms with Gasteiger partial charge in [0, 0.05) is 24.1 Å². The molecule has 1 aromatic rings. The van der Waals surface area contributed by atoms with E-state index < -0.39 is 6.09 Å². The Bertz CT molecular complexity index is 586. The molecule has 130 valence electrons. The molecule has 2 aliphatic carbocycles. The minimum absolute atomic E-state index is 0.0791. The molecule has 2 aliphatic rings. The summed E-state index contributed by atoms with van der Waals surface area (Å²) in [5, 5.41) is 5.68. The van der Waals surface area contributed by atoms with Crippen molar-refractivity contribution in [3.05, 3.63) is 30.1 Å². The Kier molecular flexibility index (Phi) is 5.33. The first-order valence-corrected chi connectivity index (χ1v) is 8.64. The summed E-state index contributed by atoms with van der Waals surface area (Å²) in [4.78, 5) is 24.0. The van der Waals surface area contributed by atoms with Gasteiger partial charge in [-0.15, -0.1) is 0 Å². The summed E-state index contributed by atoms with van der Waals surface area (Å²) in [6, 6.07) is 5.61. The molecule has 24 heavy (non-hydrogen) atoms. The van der Waals surface area contributed by atoms with E-state index in [0.29, 0.717) is 12.1 Å². The molecule has 0 bridgehead atoms. The lowest BCUT2D eigenvalue weighted by Gasteiger charge is -2.32. The second-order valence-corrected chi connectivity index (χ2v) is 6.66. The molecule has 2 amide bonds. The van der Waals surface area contributed by atoms with Crippen molar-refractivity contribution in [3.8, 4) is 0 Å². The monoisotopic (exact) mass is 334 g/mol. The van der Waals surface area contributed by atoms with E-state index in [4.69, 9.17) is 4.74 Å². The summed E-state index contributed by atoms with van der Waals surface area (Å²) >= 11 is 0. The number of hydrogen-bond acceptors (Lipinski definition) is 3. The van der Waals surface area contributed by atoms with E-state index in [2.05, 4.69) is 10.6 Å². The molecule has 0 saturated heterocycles. The highest BCUT2D eigenvalue weighted by atomic mass is 19.1. The van der Waals surface area contributed by atoms with E-state index in [1.807, 2.05) is 0 Å². The molecule has 6 heteroatoms. The first-order valence-electron chi connectivity index (χ1n) is 8.64. The number of nitrogens with one attached hydrogen (secondary N) is 2. The molecule has 0 aromatic heterocycles. The van der Waals surface area contributed by atoms with Crippen LogP contribution >= 0.6 is 0 Å². The molecule has 2 fully saturated rings. The zero-order valence-corrected chi connectivity index (χ0v) is 13.6. The third kappa shape index (κ3) is 4.46. The van der Waals surface area contributed by atoms with Crippen LogP contribution in [0.3, 0.4) is 0 Å². The molecule has 2 saturated carbocycles. The summed E-state index contributed by atoms with van der Waals surface area (Å²) < 4.78 is 18.3. The van der Waals surface area contributed by atoms with Crippen LogP contribution in [0.1, 0.15) is 44.9 Å². The van der Waals surface area contributed by atoms with Crippen LogP contribution < -0.4 is 10.6 Å². The Hall–Kier alpha value is -2.11. The number of amides is 2. The van der Waals surface area contributed by atoms with Crippen molar-refractivity contribution < 1.29 is 18.7 Å². The van der Waals surface area contributed by atoms with Gasteiger partial charge in [-0.05, 0) is 56.4 Å². The van der Waals surface area contributed by atoms with Crippen molar-refractivity contribution in [3.63, 3.8) is 0 Å². The Morgan fingerprint density at radius 1 is 1.04 bits per heavy atom. The average Bonchev–Trinajstić information content (AvgIpc) is 2.48. The van der Waals surface area contributed by atoms with Gasteiger partial charge >= 0.3 is 6.09 Å². The number of hydrogen-bond donors (Lipinski definition) is 2. The van der Waals surface area contributed by atoms with Crippen LogP contribution in [0.5, 0.6) is 0 Å². The first-order chi connectivity index (χ1) is 11.6. The highest BCUT2D eigenvalue weighted by molar-refractivity contribution is 5.84. The summed E-state index contributed by atoms with van der Waals surface area (Å²) in [6.07, 6.45) is 5.66. The second kappa shape index (κ2) is 7.64. The summed E-state index contributed by atoms with van der Waals surface area (Å²) in [5.41, 5.74) is 0.493. The topological polar surface area (TPSA) is 67.4 Å². The van der Waals surface area contributed by atoms with Crippen LogP contribution in [-0.4, -0.2) is 24.1 Å². The van der Waals surface area contributed by atoms with Crippen LogP contribution in [0.15, 0.2) is 24.3 Å². The van der Waals surface area contributed by atoms with Crippen molar-refractivity contribution in [2.75, 3.05) is 5.32 Å². The molecule has 0 heterocycles.